The summed E-state index contributed by atoms with van der Waals surface area (Å²) in [4.78, 5) is 26.4. The van der Waals surface area contributed by atoms with Gasteiger partial charge in [0.1, 0.15) is 0 Å². The van der Waals surface area contributed by atoms with Gasteiger partial charge in [-0.25, -0.2) is 0 Å². The number of nitrogens with one attached hydrogen (secondary N) is 1. The SMILES string of the molecule is CC(=O)NCc1ccc(C(=O)N(Cc2ccc3c(c2)OCO3)C2CCCC2)cc1. The monoisotopic (exact) mass is 394 g/mol. The first kappa shape index (κ1) is 19.3. The van der Waals surface area contributed by atoms with Gasteiger partial charge in [0.15, 0.2) is 11.5 Å². The number of rotatable bonds is 6. The maximum absolute atomic E-state index is 13.3. The van der Waals surface area contributed by atoms with E-state index in [1.807, 2.05) is 47.4 Å². The second kappa shape index (κ2) is 8.55. The summed E-state index contributed by atoms with van der Waals surface area (Å²) in [5.41, 5.74) is 2.68. The molecule has 1 heterocycles. The van der Waals surface area contributed by atoms with E-state index in [0.717, 1.165) is 48.3 Å². The van der Waals surface area contributed by atoms with Gasteiger partial charge >= 0.3 is 0 Å². The van der Waals surface area contributed by atoms with Crippen molar-refractivity contribution in [3.8, 4) is 11.5 Å². The van der Waals surface area contributed by atoms with Gasteiger partial charge in [-0.3, -0.25) is 9.59 Å². The Kier molecular flexibility index (Phi) is 5.69. The molecule has 0 spiro atoms. The summed E-state index contributed by atoms with van der Waals surface area (Å²) in [5, 5.41) is 2.77. The first-order chi connectivity index (χ1) is 14.1. The summed E-state index contributed by atoms with van der Waals surface area (Å²) in [7, 11) is 0. The zero-order valence-electron chi connectivity index (χ0n) is 16.6. The van der Waals surface area contributed by atoms with Crippen molar-refractivity contribution < 1.29 is 19.1 Å². The van der Waals surface area contributed by atoms with E-state index in [-0.39, 0.29) is 24.6 Å². The van der Waals surface area contributed by atoms with E-state index in [2.05, 4.69) is 5.32 Å². The average Bonchev–Trinajstić information content (AvgIpc) is 3.42. The van der Waals surface area contributed by atoms with Gasteiger partial charge in [0.2, 0.25) is 12.7 Å². The van der Waals surface area contributed by atoms with Crippen molar-refractivity contribution in [3.05, 3.63) is 59.2 Å². The molecule has 0 saturated heterocycles. The van der Waals surface area contributed by atoms with Crippen molar-refractivity contribution in [1.29, 1.82) is 0 Å². The van der Waals surface area contributed by atoms with Gasteiger partial charge in [-0.2, -0.15) is 0 Å². The van der Waals surface area contributed by atoms with E-state index in [9.17, 15) is 9.59 Å². The van der Waals surface area contributed by atoms with Crippen LogP contribution in [-0.2, 0) is 17.9 Å². The number of fused-ring (bicyclic) bond motifs is 1. The normalized spacial score (nSPS) is 15.3. The number of carbonyl (C=O) groups excluding carboxylic acids is 2. The zero-order chi connectivity index (χ0) is 20.2. The molecule has 6 heteroatoms. The summed E-state index contributed by atoms with van der Waals surface area (Å²) in [5.74, 6) is 1.47. The number of carbonyl (C=O) groups is 2. The first-order valence-corrected chi connectivity index (χ1v) is 10.1. The fraction of sp³-hybridized carbons (Fsp3) is 0.391. The topological polar surface area (TPSA) is 67.9 Å². The second-order valence-corrected chi connectivity index (χ2v) is 7.67. The smallest absolute Gasteiger partial charge is 0.254 e. The van der Waals surface area contributed by atoms with Crippen LogP contribution in [0.1, 0.15) is 54.1 Å². The molecule has 29 heavy (non-hydrogen) atoms. The molecule has 2 aromatic rings. The fourth-order valence-electron chi connectivity index (χ4n) is 3.98. The zero-order valence-corrected chi connectivity index (χ0v) is 16.6. The Hall–Kier alpha value is -3.02. The van der Waals surface area contributed by atoms with E-state index in [4.69, 9.17) is 9.47 Å². The molecule has 0 atom stereocenters. The Morgan fingerprint density at radius 2 is 1.69 bits per heavy atom. The summed E-state index contributed by atoms with van der Waals surface area (Å²) < 4.78 is 10.9. The van der Waals surface area contributed by atoms with Crippen LogP contribution in [-0.4, -0.2) is 29.5 Å². The number of hydrogen-bond acceptors (Lipinski definition) is 4. The van der Waals surface area contributed by atoms with Gasteiger partial charge in [0, 0.05) is 31.6 Å². The number of benzene rings is 2. The van der Waals surface area contributed by atoms with Crippen LogP contribution < -0.4 is 14.8 Å². The van der Waals surface area contributed by atoms with Crippen molar-refractivity contribution >= 4 is 11.8 Å². The van der Waals surface area contributed by atoms with Crippen molar-refractivity contribution in [2.45, 2.75) is 51.7 Å². The third kappa shape index (κ3) is 4.53. The van der Waals surface area contributed by atoms with Crippen molar-refractivity contribution in [1.82, 2.24) is 10.2 Å². The Bertz CT molecular complexity index is 888. The van der Waals surface area contributed by atoms with Gasteiger partial charge in [-0.15, -0.1) is 0 Å². The quantitative estimate of drug-likeness (QED) is 0.812. The van der Waals surface area contributed by atoms with E-state index in [1.54, 1.807) is 0 Å². The molecule has 4 rings (SSSR count). The third-order valence-corrected chi connectivity index (χ3v) is 5.56. The second-order valence-electron chi connectivity index (χ2n) is 7.67. The molecule has 2 aromatic carbocycles. The van der Waals surface area contributed by atoms with Crippen molar-refractivity contribution in [3.63, 3.8) is 0 Å². The summed E-state index contributed by atoms with van der Waals surface area (Å²) >= 11 is 0. The molecule has 1 N–H and O–H groups in total. The molecule has 0 aromatic heterocycles. The van der Waals surface area contributed by atoms with E-state index >= 15 is 0 Å². The van der Waals surface area contributed by atoms with Crippen LogP contribution in [0.15, 0.2) is 42.5 Å². The minimum atomic E-state index is -0.0683. The lowest BCUT2D eigenvalue weighted by Crippen LogP contribution is -2.38. The Balaban J connectivity index is 1.51. The highest BCUT2D eigenvalue weighted by molar-refractivity contribution is 5.94. The van der Waals surface area contributed by atoms with Gasteiger partial charge in [-0.05, 0) is 48.2 Å². The molecule has 152 valence electrons. The molecule has 2 amide bonds. The van der Waals surface area contributed by atoms with Crippen LogP contribution in [0.3, 0.4) is 0 Å². The molecular weight excluding hydrogens is 368 g/mol. The van der Waals surface area contributed by atoms with E-state index in [1.165, 1.54) is 6.92 Å². The lowest BCUT2D eigenvalue weighted by atomic mass is 10.1. The third-order valence-electron chi connectivity index (χ3n) is 5.56. The molecule has 1 aliphatic carbocycles. The fourth-order valence-corrected chi connectivity index (χ4v) is 3.98. The van der Waals surface area contributed by atoms with Crippen LogP contribution in [0.2, 0.25) is 0 Å². The lowest BCUT2D eigenvalue weighted by Gasteiger charge is -2.29. The predicted octanol–water partition coefficient (Wildman–Crippen LogP) is 3.64. The molecular formula is C23H26N2O4. The average molecular weight is 394 g/mol. The Labute approximate surface area is 170 Å². The highest BCUT2D eigenvalue weighted by Gasteiger charge is 2.28. The highest BCUT2D eigenvalue weighted by Crippen LogP contribution is 2.34. The molecule has 0 unspecified atom stereocenters. The van der Waals surface area contributed by atoms with Crippen molar-refractivity contribution in [2.24, 2.45) is 0 Å². The van der Waals surface area contributed by atoms with E-state index < -0.39 is 0 Å². The summed E-state index contributed by atoms with van der Waals surface area (Å²) in [6, 6.07) is 13.6. The first-order valence-electron chi connectivity index (χ1n) is 10.1. The highest BCUT2D eigenvalue weighted by atomic mass is 16.7. The van der Waals surface area contributed by atoms with Gasteiger partial charge in [-0.1, -0.05) is 31.0 Å². The van der Waals surface area contributed by atoms with Gasteiger partial charge in [0.05, 0.1) is 0 Å². The Morgan fingerprint density at radius 3 is 2.41 bits per heavy atom. The molecule has 0 radical (unpaired) electrons. The van der Waals surface area contributed by atoms with Crippen LogP contribution in [0.4, 0.5) is 0 Å². The van der Waals surface area contributed by atoms with E-state index in [0.29, 0.717) is 18.7 Å². The minimum Gasteiger partial charge on any atom is -0.454 e. The molecule has 1 aliphatic heterocycles. The van der Waals surface area contributed by atoms with Gasteiger partial charge in [0.25, 0.3) is 5.91 Å². The number of hydrogen-bond donors (Lipinski definition) is 1. The number of nitrogens with zero attached hydrogens (tertiary/aromatic N) is 1. The number of amides is 2. The van der Waals surface area contributed by atoms with Crippen LogP contribution >= 0.6 is 0 Å². The summed E-state index contributed by atoms with van der Waals surface area (Å²) in [6.07, 6.45) is 4.39. The van der Waals surface area contributed by atoms with Crippen molar-refractivity contribution in [2.75, 3.05) is 6.79 Å². The molecule has 1 saturated carbocycles. The van der Waals surface area contributed by atoms with Gasteiger partial charge < -0.3 is 19.7 Å². The molecule has 0 bridgehead atoms. The number of ether oxygens (including phenoxy) is 2. The lowest BCUT2D eigenvalue weighted by molar-refractivity contribution is -0.119. The maximum atomic E-state index is 13.3. The largest absolute Gasteiger partial charge is 0.454 e. The van der Waals surface area contributed by atoms with Crippen LogP contribution in [0.25, 0.3) is 0 Å². The van der Waals surface area contributed by atoms with Crippen LogP contribution in [0.5, 0.6) is 11.5 Å². The Morgan fingerprint density at radius 1 is 1.00 bits per heavy atom. The minimum absolute atomic E-state index is 0.0423. The molecule has 1 fully saturated rings. The molecule has 6 nitrogen and oxygen atoms in total. The van der Waals surface area contributed by atoms with Crippen LogP contribution in [0, 0.1) is 0 Å². The summed E-state index contributed by atoms with van der Waals surface area (Å²) in [6.45, 7) is 2.75. The standard InChI is InChI=1S/C23H26N2O4/c1-16(26)24-13-17-6-9-19(10-7-17)23(27)25(20-4-2-3-5-20)14-18-8-11-21-22(12-18)29-15-28-21/h6-12,20H,2-5,13-15H2,1H3,(H,24,26). The maximum Gasteiger partial charge on any atom is 0.254 e. The molecule has 2 aliphatic rings. The predicted molar refractivity (Wildman–Crippen MR) is 109 cm³/mol.